The maximum Gasteiger partial charge on any atom is 0.196 e. The molecule has 0 amide bonds. The van der Waals surface area contributed by atoms with Crippen LogP contribution in [0.15, 0.2) is 78.9 Å². The summed E-state index contributed by atoms with van der Waals surface area (Å²) in [6.07, 6.45) is 1.88. The predicted octanol–water partition coefficient (Wildman–Crippen LogP) is 6.37. The van der Waals surface area contributed by atoms with Crippen LogP contribution in [-0.2, 0) is 0 Å². The van der Waals surface area contributed by atoms with E-state index in [0.29, 0.717) is 16.2 Å². The Morgan fingerprint density at radius 1 is 0.885 bits per heavy atom. The summed E-state index contributed by atoms with van der Waals surface area (Å²) in [6.45, 7) is 0. The van der Waals surface area contributed by atoms with E-state index in [1.54, 1.807) is 0 Å². The Morgan fingerprint density at radius 2 is 1.58 bits per heavy atom. The fourth-order valence-corrected chi connectivity index (χ4v) is 3.79. The standard InChI is InChI=1S/C22H14ClNOS/c23-17-12-10-15(11-13-17)14-18(21(25)16-6-2-1-3-7-16)22-24-19-8-4-5-9-20(19)26-22/h1-14H. The van der Waals surface area contributed by atoms with Crippen LogP contribution in [0.3, 0.4) is 0 Å². The van der Waals surface area contributed by atoms with E-state index in [0.717, 1.165) is 20.8 Å². The summed E-state index contributed by atoms with van der Waals surface area (Å²) in [5.74, 6) is -0.0420. The largest absolute Gasteiger partial charge is 0.288 e. The van der Waals surface area contributed by atoms with Crippen molar-refractivity contribution in [2.75, 3.05) is 0 Å². The molecule has 4 aromatic rings. The van der Waals surface area contributed by atoms with Gasteiger partial charge in [-0.1, -0.05) is 66.2 Å². The zero-order chi connectivity index (χ0) is 17.9. The van der Waals surface area contributed by atoms with Crippen molar-refractivity contribution in [3.63, 3.8) is 0 Å². The summed E-state index contributed by atoms with van der Waals surface area (Å²) in [5, 5.41) is 1.38. The first-order chi connectivity index (χ1) is 12.7. The molecular formula is C22H14ClNOS. The first kappa shape index (κ1) is 16.7. The van der Waals surface area contributed by atoms with Crippen LogP contribution in [0.2, 0.25) is 5.02 Å². The second-order valence-electron chi connectivity index (χ2n) is 5.79. The lowest BCUT2D eigenvalue weighted by molar-refractivity contribution is 0.105. The summed E-state index contributed by atoms with van der Waals surface area (Å²) in [7, 11) is 0. The molecule has 0 aliphatic carbocycles. The number of rotatable bonds is 4. The topological polar surface area (TPSA) is 30.0 Å². The predicted molar refractivity (Wildman–Crippen MR) is 110 cm³/mol. The number of para-hydroxylation sites is 1. The third kappa shape index (κ3) is 3.45. The average Bonchev–Trinajstić information content (AvgIpc) is 3.11. The van der Waals surface area contributed by atoms with E-state index in [4.69, 9.17) is 11.6 Å². The van der Waals surface area contributed by atoms with Gasteiger partial charge in [-0.25, -0.2) is 4.98 Å². The van der Waals surface area contributed by atoms with Crippen molar-refractivity contribution in [3.8, 4) is 0 Å². The first-order valence-corrected chi connectivity index (χ1v) is 9.33. The molecule has 0 atom stereocenters. The fraction of sp³-hybridized carbons (Fsp3) is 0. The first-order valence-electron chi connectivity index (χ1n) is 8.14. The van der Waals surface area contributed by atoms with Gasteiger partial charge in [0.2, 0.25) is 0 Å². The average molecular weight is 376 g/mol. The maximum atomic E-state index is 13.2. The number of hydrogen-bond acceptors (Lipinski definition) is 3. The number of allylic oxidation sites excluding steroid dienone is 1. The lowest BCUT2D eigenvalue weighted by Crippen LogP contribution is -2.02. The summed E-state index contributed by atoms with van der Waals surface area (Å²) in [5.41, 5.74) is 3.04. The van der Waals surface area contributed by atoms with E-state index in [1.807, 2.05) is 84.9 Å². The number of hydrogen-bond donors (Lipinski definition) is 0. The molecule has 26 heavy (non-hydrogen) atoms. The Hall–Kier alpha value is -2.75. The highest BCUT2D eigenvalue weighted by Crippen LogP contribution is 2.30. The van der Waals surface area contributed by atoms with E-state index < -0.39 is 0 Å². The summed E-state index contributed by atoms with van der Waals surface area (Å²) >= 11 is 7.50. The van der Waals surface area contributed by atoms with E-state index in [1.165, 1.54) is 11.3 Å². The van der Waals surface area contributed by atoms with Gasteiger partial charge in [0.25, 0.3) is 0 Å². The highest BCUT2D eigenvalue weighted by Gasteiger charge is 2.18. The van der Waals surface area contributed by atoms with Crippen molar-refractivity contribution < 1.29 is 4.79 Å². The number of Topliss-reactive ketones (excluding diaryl/α,β-unsaturated/α-hetero) is 1. The van der Waals surface area contributed by atoms with Gasteiger partial charge in [-0.3, -0.25) is 4.79 Å². The second kappa shape index (κ2) is 7.24. The molecule has 0 fully saturated rings. The highest BCUT2D eigenvalue weighted by atomic mass is 35.5. The van der Waals surface area contributed by atoms with Crippen molar-refractivity contribution in [1.29, 1.82) is 0 Å². The van der Waals surface area contributed by atoms with Crippen LogP contribution >= 0.6 is 22.9 Å². The fourth-order valence-electron chi connectivity index (χ4n) is 2.68. The van der Waals surface area contributed by atoms with Gasteiger partial charge in [0.1, 0.15) is 5.01 Å². The number of thiazole rings is 1. The van der Waals surface area contributed by atoms with Crippen LogP contribution in [0.25, 0.3) is 21.9 Å². The van der Waals surface area contributed by atoms with Gasteiger partial charge >= 0.3 is 0 Å². The number of ketones is 1. The summed E-state index contributed by atoms with van der Waals surface area (Å²) < 4.78 is 1.06. The van der Waals surface area contributed by atoms with Crippen LogP contribution in [0.1, 0.15) is 20.9 Å². The number of carbonyl (C=O) groups excluding carboxylic acids is 1. The normalized spacial score (nSPS) is 11.7. The van der Waals surface area contributed by atoms with Gasteiger partial charge in [0.05, 0.1) is 15.8 Å². The zero-order valence-electron chi connectivity index (χ0n) is 13.7. The molecule has 1 aromatic heterocycles. The Bertz CT molecular complexity index is 1060. The Balaban J connectivity index is 1.85. The van der Waals surface area contributed by atoms with Crippen molar-refractivity contribution in [1.82, 2.24) is 4.98 Å². The molecule has 2 nitrogen and oxygen atoms in total. The maximum absolute atomic E-state index is 13.2. The molecule has 0 aliphatic heterocycles. The molecule has 3 aromatic carbocycles. The lowest BCUT2D eigenvalue weighted by atomic mass is 10.0. The van der Waals surface area contributed by atoms with E-state index in [-0.39, 0.29) is 5.78 Å². The molecular weight excluding hydrogens is 362 g/mol. The summed E-state index contributed by atoms with van der Waals surface area (Å²) in [6, 6.07) is 24.6. The smallest absolute Gasteiger partial charge is 0.196 e. The van der Waals surface area contributed by atoms with Gasteiger partial charge in [0, 0.05) is 10.6 Å². The van der Waals surface area contributed by atoms with Crippen LogP contribution in [-0.4, -0.2) is 10.8 Å². The summed E-state index contributed by atoms with van der Waals surface area (Å²) in [4.78, 5) is 17.8. The number of aromatic nitrogens is 1. The van der Waals surface area contributed by atoms with E-state index in [9.17, 15) is 4.79 Å². The highest BCUT2D eigenvalue weighted by molar-refractivity contribution is 7.20. The van der Waals surface area contributed by atoms with Crippen molar-refractivity contribution in [2.45, 2.75) is 0 Å². The van der Waals surface area contributed by atoms with Gasteiger partial charge in [-0.15, -0.1) is 11.3 Å². The number of fused-ring (bicyclic) bond motifs is 1. The lowest BCUT2D eigenvalue weighted by Gasteiger charge is -2.05. The van der Waals surface area contributed by atoms with Crippen molar-refractivity contribution in [3.05, 3.63) is 100 Å². The Kier molecular flexibility index (Phi) is 4.65. The number of carbonyl (C=O) groups is 1. The second-order valence-corrected chi connectivity index (χ2v) is 7.26. The van der Waals surface area contributed by atoms with Gasteiger partial charge in [0.15, 0.2) is 5.78 Å². The third-order valence-corrected chi connectivity index (χ3v) is 5.31. The van der Waals surface area contributed by atoms with Crippen molar-refractivity contribution >= 4 is 50.6 Å². The van der Waals surface area contributed by atoms with Gasteiger partial charge < -0.3 is 0 Å². The Morgan fingerprint density at radius 3 is 2.31 bits per heavy atom. The molecule has 4 heteroatoms. The molecule has 4 rings (SSSR count). The van der Waals surface area contributed by atoms with E-state index >= 15 is 0 Å². The quantitative estimate of drug-likeness (QED) is 0.306. The molecule has 0 unspecified atom stereocenters. The third-order valence-electron chi connectivity index (χ3n) is 3.99. The molecule has 0 saturated heterocycles. The SMILES string of the molecule is O=C(C(=Cc1ccc(Cl)cc1)c1nc2ccccc2s1)c1ccccc1. The van der Waals surface area contributed by atoms with Crippen LogP contribution in [0.4, 0.5) is 0 Å². The van der Waals surface area contributed by atoms with Gasteiger partial charge in [-0.2, -0.15) is 0 Å². The number of nitrogens with zero attached hydrogens (tertiary/aromatic N) is 1. The molecule has 0 spiro atoms. The monoisotopic (exact) mass is 375 g/mol. The molecule has 1 heterocycles. The van der Waals surface area contributed by atoms with Gasteiger partial charge in [-0.05, 0) is 35.9 Å². The molecule has 0 N–H and O–H groups in total. The Labute approximate surface area is 160 Å². The van der Waals surface area contributed by atoms with Crippen molar-refractivity contribution in [2.24, 2.45) is 0 Å². The van der Waals surface area contributed by atoms with Crippen LogP contribution < -0.4 is 0 Å². The molecule has 0 aliphatic rings. The van der Waals surface area contributed by atoms with Crippen LogP contribution in [0, 0.1) is 0 Å². The van der Waals surface area contributed by atoms with Crippen LogP contribution in [0.5, 0.6) is 0 Å². The van der Waals surface area contributed by atoms with E-state index in [2.05, 4.69) is 4.98 Å². The molecule has 0 bridgehead atoms. The molecule has 0 saturated carbocycles. The molecule has 126 valence electrons. The minimum Gasteiger partial charge on any atom is -0.288 e. The minimum atomic E-state index is -0.0420. The zero-order valence-corrected chi connectivity index (χ0v) is 15.3. The number of benzene rings is 3. The number of halogens is 1. The minimum absolute atomic E-state index is 0.0420. The molecule has 0 radical (unpaired) electrons.